The van der Waals surface area contributed by atoms with Gasteiger partial charge in [0.15, 0.2) is 5.65 Å². The zero-order valence-electron chi connectivity index (χ0n) is 13.0. The van der Waals surface area contributed by atoms with Gasteiger partial charge >= 0.3 is 0 Å². The highest BCUT2D eigenvalue weighted by Gasteiger charge is 2.06. The summed E-state index contributed by atoms with van der Waals surface area (Å²) in [6, 6.07) is 6.85. The zero-order chi connectivity index (χ0) is 18.0. The highest BCUT2D eigenvalue weighted by Crippen LogP contribution is 2.21. The lowest BCUT2D eigenvalue weighted by molar-refractivity contribution is -0.114. The molecule has 3 aromatic rings. The Bertz CT molecular complexity index is 1040. The summed E-state index contributed by atoms with van der Waals surface area (Å²) in [7, 11) is 0. The van der Waals surface area contributed by atoms with Gasteiger partial charge in [-0.3, -0.25) is 19.9 Å². The molecule has 0 aliphatic rings. The molecule has 0 fully saturated rings. The molecule has 3 rings (SSSR count). The lowest BCUT2D eigenvalue weighted by atomic mass is 10.1. The van der Waals surface area contributed by atoms with Crippen LogP contribution < -0.4 is 10.9 Å². The minimum atomic E-state index is -0.387. The van der Waals surface area contributed by atoms with Gasteiger partial charge in [-0.15, -0.1) is 0 Å². The Hall–Kier alpha value is -2.70. The van der Waals surface area contributed by atoms with Crippen LogP contribution in [0.1, 0.15) is 18.1 Å². The Morgan fingerprint density at radius 1 is 1.12 bits per heavy atom. The number of benzene rings is 1. The molecule has 0 radical (unpaired) electrons. The van der Waals surface area contributed by atoms with Crippen LogP contribution in [-0.2, 0) is 4.79 Å². The first-order valence-electron chi connectivity index (χ1n) is 7.22. The SMILES string of the molecule is CC(=O)Nc1nc2ncc(C=Cc3cc(Cl)cc(Cl)c3)cc2c(=O)[nH]1. The summed E-state index contributed by atoms with van der Waals surface area (Å²) < 4.78 is 0. The number of H-pyrrole nitrogens is 1. The Kier molecular flexibility index (Phi) is 4.83. The largest absolute Gasteiger partial charge is 0.296 e. The number of rotatable bonds is 3. The van der Waals surface area contributed by atoms with Crippen LogP contribution in [0.5, 0.6) is 0 Å². The highest BCUT2D eigenvalue weighted by atomic mass is 35.5. The number of hydrogen-bond acceptors (Lipinski definition) is 4. The zero-order valence-corrected chi connectivity index (χ0v) is 14.5. The minimum absolute atomic E-state index is 0.0642. The van der Waals surface area contributed by atoms with E-state index in [0.717, 1.165) is 5.56 Å². The van der Waals surface area contributed by atoms with E-state index in [4.69, 9.17) is 23.2 Å². The van der Waals surface area contributed by atoms with Gasteiger partial charge in [0, 0.05) is 23.2 Å². The van der Waals surface area contributed by atoms with Crippen LogP contribution in [-0.4, -0.2) is 20.9 Å². The van der Waals surface area contributed by atoms with Crippen molar-refractivity contribution in [2.75, 3.05) is 5.32 Å². The molecule has 0 aliphatic carbocycles. The van der Waals surface area contributed by atoms with Crippen molar-refractivity contribution < 1.29 is 4.79 Å². The van der Waals surface area contributed by atoms with Crippen molar-refractivity contribution >= 4 is 58.2 Å². The van der Waals surface area contributed by atoms with Crippen molar-refractivity contribution in [2.24, 2.45) is 0 Å². The predicted octanol–water partition coefficient (Wildman–Crippen LogP) is 3.75. The summed E-state index contributed by atoms with van der Waals surface area (Å²) >= 11 is 11.9. The molecule has 0 unspecified atom stereocenters. The number of halogens is 2. The molecule has 6 nitrogen and oxygen atoms in total. The molecule has 0 saturated heterocycles. The Morgan fingerprint density at radius 3 is 2.48 bits per heavy atom. The Labute approximate surface area is 152 Å². The monoisotopic (exact) mass is 374 g/mol. The van der Waals surface area contributed by atoms with Crippen LogP contribution in [0.2, 0.25) is 10.0 Å². The van der Waals surface area contributed by atoms with Crippen LogP contribution >= 0.6 is 23.2 Å². The van der Waals surface area contributed by atoms with Gasteiger partial charge in [0.1, 0.15) is 0 Å². The summed E-state index contributed by atoms with van der Waals surface area (Å²) in [6.07, 6.45) is 5.18. The van der Waals surface area contributed by atoms with E-state index in [2.05, 4.69) is 20.3 Å². The second kappa shape index (κ2) is 7.04. The van der Waals surface area contributed by atoms with Gasteiger partial charge in [-0.2, -0.15) is 4.98 Å². The number of aromatic amines is 1. The van der Waals surface area contributed by atoms with Gasteiger partial charge in [-0.1, -0.05) is 35.4 Å². The van der Waals surface area contributed by atoms with Crippen LogP contribution in [0, 0.1) is 0 Å². The summed E-state index contributed by atoms with van der Waals surface area (Å²) in [5.41, 5.74) is 1.39. The maximum Gasteiger partial charge on any atom is 0.261 e. The molecule has 2 aromatic heterocycles. The number of amides is 1. The predicted molar refractivity (Wildman–Crippen MR) is 99.9 cm³/mol. The number of carbonyl (C=O) groups excluding carboxylic acids is 1. The van der Waals surface area contributed by atoms with E-state index < -0.39 is 0 Å². The average Bonchev–Trinajstić information content (AvgIpc) is 2.51. The maximum absolute atomic E-state index is 12.2. The molecule has 2 N–H and O–H groups in total. The van der Waals surface area contributed by atoms with Gasteiger partial charge in [0.05, 0.1) is 5.39 Å². The first-order valence-corrected chi connectivity index (χ1v) is 7.98. The molecule has 8 heteroatoms. The molecule has 0 spiro atoms. The van der Waals surface area contributed by atoms with Crippen molar-refractivity contribution in [2.45, 2.75) is 6.92 Å². The van der Waals surface area contributed by atoms with Crippen LogP contribution in [0.15, 0.2) is 35.3 Å². The Morgan fingerprint density at radius 2 is 1.80 bits per heavy atom. The van der Waals surface area contributed by atoms with Gasteiger partial charge in [0.25, 0.3) is 5.56 Å². The van der Waals surface area contributed by atoms with Crippen LogP contribution in [0.25, 0.3) is 23.2 Å². The number of hydrogen-bond donors (Lipinski definition) is 2. The molecular formula is C17H12Cl2N4O2. The summed E-state index contributed by atoms with van der Waals surface area (Å²) in [5, 5.41) is 3.82. The second-order valence-corrected chi connectivity index (χ2v) is 6.14. The fraction of sp³-hybridized carbons (Fsp3) is 0.0588. The number of carbonyl (C=O) groups is 1. The number of aromatic nitrogens is 3. The first-order chi connectivity index (χ1) is 11.9. The van der Waals surface area contributed by atoms with E-state index in [0.29, 0.717) is 21.0 Å². The summed E-state index contributed by atoms with van der Waals surface area (Å²) in [4.78, 5) is 34.0. The number of fused-ring (bicyclic) bond motifs is 1. The fourth-order valence-corrected chi connectivity index (χ4v) is 2.76. The molecule has 2 heterocycles. The standard InChI is InChI=1S/C17H12Cl2N4O2/c1-9(24)21-17-22-15-14(16(25)23-17)6-11(8-20-15)3-2-10-4-12(18)7-13(19)5-10/h2-8H,1H3,(H2,20,21,22,23,24,25). The van der Waals surface area contributed by atoms with E-state index in [9.17, 15) is 9.59 Å². The molecule has 25 heavy (non-hydrogen) atoms. The van der Waals surface area contributed by atoms with Gasteiger partial charge < -0.3 is 0 Å². The topological polar surface area (TPSA) is 87.7 Å². The van der Waals surface area contributed by atoms with Gasteiger partial charge in [-0.25, -0.2) is 4.98 Å². The molecule has 0 atom stereocenters. The lowest BCUT2D eigenvalue weighted by Crippen LogP contribution is -2.16. The molecule has 0 saturated carbocycles. The number of pyridine rings is 1. The highest BCUT2D eigenvalue weighted by molar-refractivity contribution is 6.34. The van der Waals surface area contributed by atoms with E-state index in [1.165, 1.54) is 6.92 Å². The van der Waals surface area contributed by atoms with Crippen molar-refractivity contribution in [1.82, 2.24) is 15.0 Å². The fourth-order valence-electron chi connectivity index (χ4n) is 2.22. The third kappa shape index (κ3) is 4.23. The van der Waals surface area contributed by atoms with Crippen molar-refractivity contribution in [3.63, 3.8) is 0 Å². The maximum atomic E-state index is 12.2. The number of anilines is 1. The van der Waals surface area contributed by atoms with E-state index in [1.54, 1.807) is 36.5 Å². The number of nitrogens with one attached hydrogen (secondary N) is 2. The van der Waals surface area contributed by atoms with Crippen molar-refractivity contribution in [1.29, 1.82) is 0 Å². The molecular weight excluding hydrogens is 363 g/mol. The van der Waals surface area contributed by atoms with E-state index in [-0.39, 0.29) is 23.1 Å². The molecule has 1 amide bonds. The van der Waals surface area contributed by atoms with E-state index in [1.807, 2.05) is 6.08 Å². The quantitative estimate of drug-likeness (QED) is 0.730. The normalized spacial score (nSPS) is 11.2. The summed E-state index contributed by atoms with van der Waals surface area (Å²) in [5.74, 6) is -0.267. The number of nitrogens with zero attached hydrogens (tertiary/aromatic N) is 2. The van der Waals surface area contributed by atoms with Gasteiger partial charge in [-0.05, 0) is 35.4 Å². The third-order valence-corrected chi connectivity index (χ3v) is 3.67. The molecule has 0 bridgehead atoms. The third-order valence-electron chi connectivity index (χ3n) is 3.23. The minimum Gasteiger partial charge on any atom is -0.296 e. The molecule has 0 aliphatic heterocycles. The van der Waals surface area contributed by atoms with Crippen molar-refractivity contribution in [3.8, 4) is 0 Å². The Balaban J connectivity index is 1.95. The molecule has 1 aromatic carbocycles. The summed E-state index contributed by atoms with van der Waals surface area (Å²) in [6.45, 7) is 1.33. The van der Waals surface area contributed by atoms with Crippen LogP contribution in [0.4, 0.5) is 5.95 Å². The smallest absolute Gasteiger partial charge is 0.261 e. The first kappa shape index (κ1) is 17.1. The van der Waals surface area contributed by atoms with Crippen molar-refractivity contribution in [3.05, 3.63) is 62.0 Å². The van der Waals surface area contributed by atoms with Crippen LogP contribution in [0.3, 0.4) is 0 Å². The second-order valence-electron chi connectivity index (χ2n) is 5.27. The molecule has 126 valence electrons. The average molecular weight is 375 g/mol. The van der Waals surface area contributed by atoms with E-state index >= 15 is 0 Å². The van der Waals surface area contributed by atoms with Gasteiger partial charge in [0.2, 0.25) is 11.9 Å². The lowest BCUT2D eigenvalue weighted by Gasteiger charge is -2.03.